The molecule has 2 aliphatic rings. The lowest BCUT2D eigenvalue weighted by Crippen LogP contribution is -2.47. The van der Waals surface area contributed by atoms with Gasteiger partial charge in [0, 0.05) is 52.3 Å². The Bertz CT molecular complexity index is 572. The fourth-order valence-electron chi connectivity index (χ4n) is 3.93. The maximum atomic E-state index is 9.57. The molecule has 0 radical (unpaired) electrons. The van der Waals surface area contributed by atoms with Crippen LogP contribution in [0.1, 0.15) is 37.5 Å². The van der Waals surface area contributed by atoms with Crippen molar-refractivity contribution in [3.63, 3.8) is 0 Å². The number of imidazole rings is 1. The minimum absolute atomic E-state index is 0.149. The molecule has 3 rings (SSSR count). The number of likely N-dealkylation sites (N-methyl/N-ethyl adjacent to an activating group) is 1. The number of nitrogens with zero attached hydrogens (tertiary/aromatic N) is 5. The molecule has 0 aliphatic carbocycles. The number of ether oxygens (including phenoxy) is 1. The zero-order valence-electron chi connectivity index (χ0n) is 14.9. The number of aromatic nitrogens is 2. The summed E-state index contributed by atoms with van der Waals surface area (Å²) in [6.07, 6.45) is 7.76. The van der Waals surface area contributed by atoms with Crippen LogP contribution in [0.25, 0.3) is 0 Å². The van der Waals surface area contributed by atoms with Crippen LogP contribution in [0.4, 0.5) is 0 Å². The molecule has 0 N–H and O–H groups in total. The Labute approximate surface area is 145 Å². The van der Waals surface area contributed by atoms with Crippen LogP contribution in [0.5, 0.6) is 0 Å². The van der Waals surface area contributed by atoms with Crippen molar-refractivity contribution < 1.29 is 4.74 Å². The highest BCUT2D eigenvalue weighted by atomic mass is 16.5. The Kier molecular flexibility index (Phi) is 5.54. The van der Waals surface area contributed by atoms with Crippen LogP contribution in [-0.4, -0.2) is 65.8 Å². The Morgan fingerprint density at radius 2 is 2.12 bits per heavy atom. The van der Waals surface area contributed by atoms with Gasteiger partial charge >= 0.3 is 0 Å². The Balaban J connectivity index is 1.52. The summed E-state index contributed by atoms with van der Waals surface area (Å²) in [5, 5.41) is 9.57. The topological polar surface area (TPSA) is 57.3 Å². The number of hydrogen-bond donors (Lipinski definition) is 0. The molecule has 1 unspecified atom stereocenters. The van der Waals surface area contributed by atoms with Crippen LogP contribution in [-0.2, 0) is 11.8 Å². The largest absolute Gasteiger partial charge is 0.381 e. The van der Waals surface area contributed by atoms with Gasteiger partial charge in [-0.15, -0.1) is 0 Å². The van der Waals surface area contributed by atoms with E-state index in [-0.39, 0.29) is 5.41 Å². The van der Waals surface area contributed by atoms with E-state index < -0.39 is 0 Å². The molecule has 24 heavy (non-hydrogen) atoms. The second kappa shape index (κ2) is 7.64. The van der Waals surface area contributed by atoms with Gasteiger partial charge in [0.2, 0.25) is 0 Å². The normalized spacial score (nSPS) is 25.5. The lowest BCUT2D eigenvalue weighted by atomic mass is 9.78. The van der Waals surface area contributed by atoms with E-state index in [0.29, 0.717) is 6.04 Å². The first-order chi connectivity index (χ1) is 11.6. The maximum Gasteiger partial charge on any atom is 0.127 e. The van der Waals surface area contributed by atoms with Crippen LogP contribution in [0.2, 0.25) is 0 Å². The van der Waals surface area contributed by atoms with E-state index in [1.165, 1.54) is 0 Å². The SMILES string of the molecule is CN1CCN(CCCC2(C#N)CCOCC2)CC1c1nccn1C. The first kappa shape index (κ1) is 17.4. The van der Waals surface area contributed by atoms with Crippen LogP contribution in [0, 0.1) is 16.7 Å². The van der Waals surface area contributed by atoms with Crippen LogP contribution in [0.3, 0.4) is 0 Å². The number of aryl methyl sites for hydroxylation is 1. The molecule has 1 aromatic rings. The highest BCUT2D eigenvalue weighted by Gasteiger charge is 2.33. The van der Waals surface area contributed by atoms with Gasteiger partial charge in [0.15, 0.2) is 0 Å². The molecule has 132 valence electrons. The van der Waals surface area contributed by atoms with Crippen molar-refractivity contribution in [2.24, 2.45) is 12.5 Å². The predicted molar refractivity (Wildman–Crippen MR) is 92.4 cm³/mol. The first-order valence-corrected chi connectivity index (χ1v) is 9.02. The third-order valence-corrected chi connectivity index (χ3v) is 5.71. The molecule has 6 heteroatoms. The summed E-state index contributed by atoms with van der Waals surface area (Å²) >= 11 is 0. The van der Waals surface area contributed by atoms with Crippen molar-refractivity contribution in [3.05, 3.63) is 18.2 Å². The summed E-state index contributed by atoms with van der Waals surface area (Å²) in [6, 6.07) is 2.93. The lowest BCUT2D eigenvalue weighted by molar-refractivity contribution is 0.0326. The number of hydrogen-bond acceptors (Lipinski definition) is 5. The van der Waals surface area contributed by atoms with Crippen LogP contribution >= 0.6 is 0 Å². The Morgan fingerprint density at radius 3 is 2.79 bits per heavy atom. The smallest absolute Gasteiger partial charge is 0.127 e. The zero-order chi connectivity index (χ0) is 17.0. The van der Waals surface area contributed by atoms with Gasteiger partial charge in [-0.05, 0) is 39.3 Å². The molecule has 0 amide bonds. The average Bonchev–Trinajstić information content (AvgIpc) is 3.03. The van der Waals surface area contributed by atoms with E-state index in [1.807, 2.05) is 12.4 Å². The first-order valence-electron chi connectivity index (χ1n) is 9.02. The summed E-state index contributed by atoms with van der Waals surface area (Å²) in [4.78, 5) is 9.47. The molecule has 0 aromatic carbocycles. The van der Waals surface area contributed by atoms with Crippen molar-refractivity contribution in [2.75, 3.05) is 46.4 Å². The summed E-state index contributed by atoms with van der Waals surface area (Å²) < 4.78 is 7.55. The van der Waals surface area contributed by atoms with Gasteiger partial charge < -0.3 is 14.2 Å². The van der Waals surface area contributed by atoms with E-state index in [4.69, 9.17) is 4.74 Å². The average molecular weight is 331 g/mol. The molecule has 0 spiro atoms. The zero-order valence-corrected chi connectivity index (χ0v) is 14.9. The Hall–Kier alpha value is -1.42. The van der Waals surface area contributed by atoms with E-state index in [1.54, 1.807) is 0 Å². The predicted octanol–water partition coefficient (Wildman–Crippen LogP) is 1.81. The molecule has 0 saturated carbocycles. The van der Waals surface area contributed by atoms with Gasteiger partial charge in [0.1, 0.15) is 5.82 Å². The van der Waals surface area contributed by atoms with Gasteiger partial charge in [0.25, 0.3) is 0 Å². The summed E-state index contributed by atoms with van der Waals surface area (Å²) in [5.41, 5.74) is -0.149. The quantitative estimate of drug-likeness (QED) is 0.823. The van der Waals surface area contributed by atoms with Crippen molar-refractivity contribution in [2.45, 2.75) is 31.7 Å². The highest BCUT2D eigenvalue weighted by molar-refractivity contribution is 5.02. The van der Waals surface area contributed by atoms with Gasteiger partial charge in [0.05, 0.1) is 17.5 Å². The molecular formula is C18H29N5O. The van der Waals surface area contributed by atoms with E-state index >= 15 is 0 Å². The fourth-order valence-corrected chi connectivity index (χ4v) is 3.93. The van der Waals surface area contributed by atoms with Crippen LogP contribution < -0.4 is 0 Å². The van der Waals surface area contributed by atoms with E-state index in [9.17, 15) is 5.26 Å². The van der Waals surface area contributed by atoms with Crippen molar-refractivity contribution in [1.29, 1.82) is 5.26 Å². The Morgan fingerprint density at radius 1 is 1.33 bits per heavy atom. The summed E-state index contributed by atoms with van der Waals surface area (Å²) in [6.45, 7) is 5.73. The van der Waals surface area contributed by atoms with Gasteiger partial charge in [-0.3, -0.25) is 4.90 Å². The molecule has 2 aliphatic heterocycles. The minimum atomic E-state index is -0.149. The van der Waals surface area contributed by atoms with E-state index in [0.717, 1.165) is 70.9 Å². The standard InChI is InChI=1S/C18H29N5O/c1-21-10-11-23(14-16(21)17-20-7-9-22(17)2)8-3-4-18(15-19)5-12-24-13-6-18/h7,9,16H,3-6,8,10-14H2,1-2H3. The lowest BCUT2D eigenvalue weighted by Gasteiger charge is -2.39. The number of nitriles is 1. The third-order valence-electron chi connectivity index (χ3n) is 5.71. The molecule has 0 bridgehead atoms. The van der Waals surface area contributed by atoms with Crippen molar-refractivity contribution in [1.82, 2.24) is 19.4 Å². The number of piperazine rings is 1. The second-order valence-electron chi connectivity index (χ2n) is 7.30. The van der Waals surface area contributed by atoms with Crippen LogP contribution in [0.15, 0.2) is 12.4 Å². The summed E-state index contributed by atoms with van der Waals surface area (Å²) in [7, 11) is 4.25. The molecule has 2 saturated heterocycles. The molecule has 1 atom stereocenters. The number of rotatable bonds is 5. The molecule has 6 nitrogen and oxygen atoms in total. The van der Waals surface area contributed by atoms with Gasteiger partial charge in [-0.1, -0.05) is 0 Å². The van der Waals surface area contributed by atoms with Crippen molar-refractivity contribution >= 4 is 0 Å². The molecule has 1 aromatic heterocycles. The fraction of sp³-hybridized carbons (Fsp3) is 0.778. The van der Waals surface area contributed by atoms with Gasteiger partial charge in [-0.2, -0.15) is 5.26 Å². The maximum absolute atomic E-state index is 9.57. The minimum Gasteiger partial charge on any atom is -0.381 e. The van der Waals surface area contributed by atoms with Gasteiger partial charge in [-0.25, -0.2) is 4.98 Å². The molecule has 2 fully saturated rings. The molecular weight excluding hydrogens is 302 g/mol. The monoisotopic (exact) mass is 331 g/mol. The van der Waals surface area contributed by atoms with Crippen molar-refractivity contribution in [3.8, 4) is 6.07 Å². The summed E-state index contributed by atoms with van der Waals surface area (Å²) in [5.74, 6) is 1.14. The third kappa shape index (κ3) is 3.80. The highest BCUT2D eigenvalue weighted by Crippen LogP contribution is 2.34. The second-order valence-corrected chi connectivity index (χ2v) is 7.30. The van der Waals surface area contributed by atoms with E-state index in [2.05, 4.69) is 39.5 Å². The molecule has 3 heterocycles.